The van der Waals surface area contributed by atoms with Crippen LogP contribution in [0, 0.1) is 10.1 Å². The lowest BCUT2D eigenvalue weighted by Gasteiger charge is -2.17. The third-order valence-corrected chi connectivity index (χ3v) is 3.14. The first-order valence-electron chi connectivity index (χ1n) is 6.64. The summed E-state index contributed by atoms with van der Waals surface area (Å²) in [7, 11) is 0. The van der Waals surface area contributed by atoms with Crippen molar-refractivity contribution in [1.29, 1.82) is 0 Å². The molecule has 110 valence electrons. The van der Waals surface area contributed by atoms with Crippen LogP contribution in [0.5, 0.6) is 0 Å². The first-order valence-corrected chi connectivity index (χ1v) is 6.64. The van der Waals surface area contributed by atoms with Gasteiger partial charge >= 0.3 is 5.69 Å². The minimum atomic E-state index is -0.521. The monoisotopic (exact) mass is 281 g/mol. The molecule has 0 amide bonds. The summed E-state index contributed by atoms with van der Waals surface area (Å²) in [5.74, 6) is 0.501. The van der Waals surface area contributed by atoms with Crippen LogP contribution in [-0.4, -0.2) is 41.1 Å². The summed E-state index contributed by atoms with van der Waals surface area (Å²) in [6.45, 7) is 2.65. The molecule has 0 atom stereocenters. The Morgan fingerprint density at radius 1 is 1.35 bits per heavy atom. The Morgan fingerprint density at radius 2 is 2.05 bits per heavy atom. The molecule has 0 aromatic carbocycles. The molecule has 2 heterocycles. The topological polar surface area (TPSA) is 136 Å². The number of aromatic nitrogens is 2. The minimum absolute atomic E-state index is 0.109. The lowest BCUT2D eigenvalue weighted by Crippen LogP contribution is -2.22. The van der Waals surface area contributed by atoms with Gasteiger partial charge in [-0.15, -0.1) is 0 Å². The predicted octanol–water partition coefficient (Wildman–Crippen LogP) is 0.328. The fraction of sp³-hybridized carbons (Fsp3) is 0.636. The highest BCUT2D eigenvalue weighted by Crippen LogP contribution is 2.33. The molecule has 1 aromatic rings. The molecule has 2 rings (SSSR count). The van der Waals surface area contributed by atoms with Crippen molar-refractivity contribution in [3.8, 4) is 0 Å². The number of nitrogens with two attached hydrogens (primary N) is 2. The van der Waals surface area contributed by atoms with E-state index in [-0.39, 0.29) is 11.5 Å². The van der Waals surface area contributed by atoms with E-state index in [9.17, 15) is 10.1 Å². The highest BCUT2D eigenvalue weighted by Gasteiger charge is 2.28. The Kier molecular flexibility index (Phi) is 4.51. The number of hydrogen-bond donors (Lipinski definition) is 3. The van der Waals surface area contributed by atoms with Gasteiger partial charge in [-0.2, -0.15) is 9.97 Å². The minimum Gasteiger partial charge on any atom is -0.378 e. The van der Waals surface area contributed by atoms with Gasteiger partial charge in [0.15, 0.2) is 0 Å². The second kappa shape index (κ2) is 6.33. The maximum atomic E-state index is 11.2. The van der Waals surface area contributed by atoms with E-state index in [1.165, 1.54) is 0 Å². The fourth-order valence-corrected chi connectivity index (χ4v) is 2.17. The smallest absolute Gasteiger partial charge is 0.353 e. The molecule has 0 bridgehead atoms. The number of nitro groups is 1. The highest BCUT2D eigenvalue weighted by molar-refractivity contribution is 5.71. The van der Waals surface area contributed by atoms with Crippen LogP contribution in [0.2, 0.25) is 0 Å². The van der Waals surface area contributed by atoms with Crippen molar-refractivity contribution in [3.05, 3.63) is 10.1 Å². The molecule has 1 aromatic heterocycles. The van der Waals surface area contributed by atoms with Gasteiger partial charge in [0.1, 0.15) is 0 Å². The van der Waals surface area contributed by atoms with Crippen LogP contribution >= 0.6 is 0 Å². The van der Waals surface area contributed by atoms with E-state index in [0.29, 0.717) is 24.9 Å². The van der Waals surface area contributed by atoms with Crippen LogP contribution in [0.4, 0.5) is 23.3 Å². The molecule has 1 aliphatic heterocycles. The molecule has 1 fully saturated rings. The van der Waals surface area contributed by atoms with E-state index in [1.807, 2.05) is 4.90 Å². The zero-order chi connectivity index (χ0) is 14.5. The molecule has 9 nitrogen and oxygen atoms in total. The lowest BCUT2D eigenvalue weighted by atomic mass is 10.4. The van der Waals surface area contributed by atoms with Crippen LogP contribution in [0.3, 0.4) is 0 Å². The molecule has 0 unspecified atom stereocenters. The average Bonchev–Trinajstić information content (AvgIpc) is 2.91. The summed E-state index contributed by atoms with van der Waals surface area (Å²) in [6, 6.07) is 0. The molecular formula is C11H19N7O2. The van der Waals surface area contributed by atoms with Gasteiger partial charge in [-0.05, 0) is 25.8 Å². The van der Waals surface area contributed by atoms with E-state index in [4.69, 9.17) is 11.5 Å². The Bertz CT molecular complexity index is 488. The largest absolute Gasteiger partial charge is 0.378 e. The number of hydrogen-bond acceptors (Lipinski definition) is 8. The molecule has 1 saturated heterocycles. The van der Waals surface area contributed by atoms with Gasteiger partial charge in [0.2, 0.25) is 17.6 Å². The maximum Gasteiger partial charge on any atom is 0.353 e. The van der Waals surface area contributed by atoms with Crippen molar-refractivity contribution in [2.24, 2.45) is 5.73 Å². The molecule has 20 heavy (non-hydrogen) atoms. The molecule has 9 heteroatoms. The van der Waals surface area contributed by atoms with Crippen molar-refractivity contribution >= 4 is 23.3 Å². The summed E-state index contributed by atoms with van der Waals surface area (Å²) >= 11 is 0. The lowest BCUT2D eigenvalue weighted by molar-refractivity contribution is -0.383. The van der Waals surface area contributed by atoms with Crippen molar-refractivity contribution in [2.45, 2.75) is 19.3 Å². The molecule has 0 aliphatic carbocycles. The van der Waals surface area contributed by atoms with Gasteiger partial charge in [-0.25, -0.2) is 0 Å². The second-order valence-electron chi connectivity index (χ2n) is 4.62. The summed E-state index contributed by atoms with van der Waals surface area (Å²) in [6.07, 6.45) is 2.76. The molecule has 1 aliphatic rings. The SMILES string of the molecule is NCCCNc1nc(N)c([N+](=O)[O-])c(N2CCCC2)n1. The van der Waals surface area contributed by atoms with Gasteiger partial charge in [0, 0.05) is 19.6 Å². The summed E-state index contributed by atoms with van der Waals surface area (Å²) in [5, 5.41) is 14.1. The molecule has 0 saturated carbocycles. The predicted molar refractivity (Wildman–Crippen MR) is 76.7 cm³/mol. The van der Waals surface area contributed by atoms with Crippen LogP contribution in [0.1, 0.15) is 19.3 Å². The first-order chi connectivity index (χ1) is 9.63. The van der Waals surface area contributed by atoms with Crippen LogP contribution in [-0.2, 0) is 0 Å². The van der Waals surface area contributed by atoms with Crippen molar-refractivity contribution in [3.63, 3.8) is 0 Å². The van der Waals surface area contributed by atoms with Crippen LogP contribution < -0.4 is 21.7 Å². The highest BCUT2D eigenvalue weighted by atomic mass is 16.6. The zero-order valence-electron chi connectivity index (χ0n) is 11.2. The standard InChI is InChI=1S/C11H19N7O2/c12-4-3-5-14-11-15-9(13)8(18(19)20)10(16-11)17-6-1-2-7-17/h1-7,12H2,(H3,13,14,15,16). The fourth-order valence-electron chi connectivity index (χ4n) is 2.17. The summed E-state index contributed by atoms with van der Waals surface area (Å²) < 4.78 is 0. The third kappa shape index (κ3) is 3.05. The van der Waals surface area contributed by atoms with Gasteiger partial charge < -0.3 is 21.7 Å². The van der Waals surface area contributed by atoms with E-state index in [2.05, 4.69) is 15.3 Å². The number of nitrogens with zero attached hydrogens (tertiary/aromatic N) is 4. The maximum absolute atomic E-state index is 11.2. The van der Waals surface area contributed by atoms with E-state index in [1.54, 1.807) is 0 Å². The van der Waals surface area contributed by atoms with E-state index >= 15 is 0 Å². The normalized spacial score (nSPS) is 14.6. The van der Waals surface area contributed by atoms with Crippen molar-refractivity contribution in [2.75, 3.05) is 42.1 Å². The molecular weight excluding hydrogens is 262 g/mol. The van der Waals surface area contributed by atoms with Gasteiger partial charge in [0.05, 0.1) is 4.92 Å². The number of anilines is 3. The summed E-state index contributed by atoms with van der Waals surface area (Å²) in [5.41, 5.74) is 10.9. The Morgan fingerprint density at radius 3 is 2.65 bits per heavy atom. The second-order valence-corrected chi connectivity index (χ2v) is 4.62. The molecule has 5 N–H and O–H groups in total. The third-order valence-electron chi connectivity index (χ3n) is 3.14. The average molecular weight is 281 g/mol. The molecule has 0 spiro atoms. The number of nitrogens with one attached hydrogen (secondary N) is 1. The Balaban J connectivity index is 2.31. The first kappa shape index (κ1) is 14.3. The quantitative estimate of drug-likeness (QED) is 0.385. The van der Waals surface area contributed by atoms with Crippen LogP contribution in [0.15, 0.2) is 0 Å². The van der Waals surface area contributed by atoms with E-state index < -0.39 is 4.92 Å². The van der Waals surface area contributed by atoms with Crippen molar-refractivity contribution < 1.29 is 4.92 Å². The Labute approximate surface area is 116 Å². The number of nitrogen functional groups attached to an aromatic ring is 1. The summed E-state index contributed by atoms with van der Waals surface area (Å²) in [4.78, 5) is 20.7. The van der Waals surface area contributed by atoms with Gasteiger partial charge in [-0.1, -0.05) is 0 Å². The molecule has 0 radical (unpaired) electrons. The van der Waals surface area contributed by atoms with Gasteiger partial charge in [0.25, 0.3) is 0 Å². The van der Waals surface area contributed by atoms with Crippen molar-refractivity contribution in [1.82, 2.24) is 9.97 Å². The zero-order valence-corrected chi connectivity index (χ0v) is 11.2. The number of rotatable bonds is 6. The Hall–Kier alpha value is -2.16. The van der Waals surface area contributed by atoms with Crippen LogP contribution in [0.25, 0.3) is 0 Å². The van der Waals surface area contributed by atoms with E-state index in [0.717, 1.165) is 32.4 Å². The van der Waals surface area contributed by atoms with Gasteiger partial charge in [-0.3, -0.25) is 10.1 Å².